The van der Waals surface area contributed by atoms with Gasteiger partial charge in [-0.2, -0.15) is 13.2 Å². The van der Waals surface area contributed by atoms with Gasteiger partial charge in [0.15, 0.2) is 9.79 Å². The van der Waals surface area contributed by atoms with Crippen LogP contribution in [0.4, 0.5) is 13.2 Å². The molecule has 6 heteroatoms. The van der Waals surface area contributed by atoms with Crippen LogP contribution in [0, 0.1) is 0 Å². The first-order chi connectivity index (χ1) is 12.3. The van der Waals surface area contributed by atoms with Crippen LogP contribution in [0.15, 0.2) is 82.6 Å². The summed E-state index contributed by atoms with van der Waals surface area (Å²) >= 11 is 11.9. The molecule has 3 aromatic rings. The van der Waals surface area contributed by atoms with Gasteiger partial charge in [0.05, 0.1) is 16.5 Å². The first-order valence-corrected chi connectivity index (χ1v) is 9.86. The maximum Gasteiger partial charge on any atom is 0.416 e. The van der Waals surface area contributed by atoms with Crippen molar-refractivity contribution < 1.29 is 13.2 Å². The molecule has 0 aliphatic rings. The van der Waals surface area contributed by atoms with Crippen molar-refractivity contribution in [2.45, 2.75) is 21.7 Å². The molecule has 134 valence electrons. The molecule has 0 radical (unpaired) electrons. The van der Waals surface area contributed by atoms with E-state index in [0.29, 0.717) is 15.8 Å². The molecule has 26 heavy (non-hydrogen) atoms. The van der Waals surface area contributed by atoms with Gasteiger partial charge in [-0.15, -0.1) is 0 Å². The van der Waals surface area contributed by atoms with E-state index in [4.69, 9.17) is 23.2 Å². The fourth-order valence-electron chi connectivity index (χ4n) is 2.46. The highest BCUT2D eigenvalue weighted by Gasteiger charge is 2.32. The van der Waals surface area contributed by atoms with Crippen molar-refractivity contribution >= 4 is 34.1 Å². The van der Waals surface area contributed by atoms with Crippen LogP contribution in [0.1, 0.15) is 11.1 Å². The molecule has 3 rings (SSSR count). The average Bonchev–Trinajstić information content (AvgIpc) is 2.62. The molecule has 1 unspecified atom stereocenters. The lowest BCUT2D eigenvalue weighted by atomic mass is 10.2. The molecular weight excluding hydrogens is 400 g/mol. The highest BCUT2D eigenvalue weighted by atomic mass is 35.5. The molecule has 0 N–H and O–H groups in total. The van der Waals surface area contributed by atoms with E-state index < -0.39 is 22.6 Å². The predicted octanol–water partition coefficient (Wildman–Crippen LogP) is 7.25. The number of benzene rings is 3. The Morgan fingerprint density at radius 3 is 1.54 bits per heavy atom. The van der Waals surface area contributed by atoms with Gasteiger partial charge in [0, 0.05) is 15.6 Å². The maximum atomic E-state index is 12.8. The summed E-state index contributed by atoms with van der Waals surface area (Å²) in [6, 6.07) is 20.3. The second-order valence-electron chi connectivity index (χ2n) is 5.64. The van der Waals surface area contributed by atoms with Crippen molar-refractivity contribution in [3.05, 3.63) is 94.0 Å². The molecule has 0 aromatic heterocycles. The van der Waals surface area contributed by atoms with Crippen LogP contribution in [0.25, 0.3) is 0 Å². The summed E-state index contributed by atoms with van der Waals surface area (Å²) in [5.41, 5.74) is 0.417. The van der Waals surface area contributed by atoms with Gasteiger partial charge in [0.2, 0.25) is 0 Å². The fourth-order valence-corrected chi connectivity index (χ4v) is 4.77. The minimum atomic E-state index is -4.34. The summed E-state index contributed by atoms with van der Waals surface area (Å²) < 4.78 is 38.5. The zero-order chi connectivity index (χ0) is 18.7. The Labute approximate surface area is 162 Å². The van der Waals surface area contributed by atoms with Crippen molar-refractivity contribution in [2.75, 3.05) is 0 Å². The van der Waals surface area contributed by atoms with E-state index in [-0.39, 0.29) is 0 Å². The Balaban J connectivity index is 1.96. The SMILES string of the molecule is FC(F)(F)c1ccc([S+](Cc2ccc(Cl)cc2)c2ccc(Cl)cc2)cc1. The fraction of sp³-hybridized carbons (Fsp3) is 0.100. The zero-order valence-corrected chi connectivity index (χ0v) is 15.8. The third-order valence-corrected chi connectivity index (χ3v) is 6.60. The minimum absolute atomic E-state index is 0.421. The van der Waals surface area contributed by atoms with Gasteiger partial charge >= 0.3 is 6.18 Å². The molecule has 0 amide bonds. The standard InChI is InChI=1S/C20H14Cl2F3S/c21-16-5-1-14(2-6-16)13-26(19-11-7-17(22)8-12-19)18-9-3-15(4-10-18)20(23,24)25/h1-12H,13H2/q+1. The Kier molecular flexibility index (Phi) is 5.86. The first-order valence-electron chi connectivity index (χ1n) is 7.71. The highest BCUT2D eigenvalue weighted by molar-refractivity contribution is 7.96. The average molecular weight is 414 g/mol. The summed E-state index contributed by atoms with van der Waals surface area (Å²) in [4.78, 5) is 1.86. The summed E-state index contributed by atoms with van der Waals surface area (Å²) in [5.74, 6) is 0.671. The third kappa shape index (κ3) is 4.76. The van der Waals surface area contributed by atoms with Crippen molar-refractivity contribution in [1.29, 1.82) is 0 Å². The van der Waals surface area contributed by atoms with Crippen LogP contribution in [0.3, 0.4) is 0 Å². The molecule has 0 aliphatic carbocycles. The number of halogens is 5. The molecule has 0 bridgehead atoms. The Hall–Kier alpha value is -1.62. The van der Waals surface area contributed by atoms with Crippen molar-refractivity contribution in [3.8, 4) is 0 Å². The number of hydrogen-bond donors (Lipinski definition) is 0. The van der Waals surface area contributed by atoms with E-state index in [1.54, 1.807) is 24.3 Å². The van der Waals surface area contributed by atoms with Crippen LogP contribution < -0.4 is 0 Å². The van der Waals surface area contributed by atoms with E-state index >= 15 is 0 Å². The Morgan fingerprint density at radius 2 is 1.08 bits per heavy atom. The second-order valence-corrected chi connectivity index (χ2v) is 8.52. The molecule has 0 saturated carbocycles. The molecule has 0 aliphatic heterocycles. The predicted molar refractivity (Wildman–Crippen MR) is 102 cm³/mol. The molecule has 3 aromatic carbocycles. The second kappa shape index (κ2) is 7.95. The van der Waals surface area contributed by atoms with Gasteiger partial charge in [-0.05, 0) is 60.7 Å². The molecule has 0 heterocycles. The van der Waals surface area contributed by atoms with Crippen LogP contribution >= 0.6 is 23.2 Å². The lowest BCUT2D eigenvalue weighted by Gasteiger charge is -2.11. The molecule has 0 fully saturated rings. The van der Waals surface area contributed by atoms with Crippen LogP contribution in [-0.4, -0.2) is 0 Å². The highest BCUT2D eigenvalue weighted by Crippen LogP contribution is 2.33. The minimum Gasteiger partial charge on any atom is -0.166 e. The smallest absolute Gasteiger partial charge is 0.166 e. The summed E-state index contributed by atoms with van der Waals surface area (Å²) in [7, 11) is -0.421. The van der Waals surface area contributed by atoms with Crippen LogP contribution in [0.2, 0.25) is 10.0 Å². The lowest BCUT2D eigenvalue weighted by molar-refractivity contribution is -0.137. The molecule has 0 spiro atoms. The zero-order valence-electron chi connectivity index (χ0n) is 13.4. The molecular formula is C20H14Cl2F3S+. The van der Waals surface area contributed by atoms with Crippen LogP contribution in [-0.2, 0) is 22.8 Å². The van der Waals surface area contributed by atoms with Gasteiger partial charge in [-0.25, -0.2) is 0 Å². The first kappa shape index (κ1) is 19.2. The van der Waals surface area contributed by atoms with Gasteiger partial charge in [0.1, 0.15) is 5.75 Å². The third-order valence-electron chi connectivity index (χ3n) is 3.79. The largest absolute Gasteiger partial charge is 0.416 e. The van der Waals surface area contributed by atoms with Gasteiger partial charge in [0.25, 0.3) is 0 Å². The molecule has 0 saturated heterocycles. The monoisotopic (exact) mass is 413 g/mol. The van der Waals surface area contributed by atoms with Crippen LogP contribution in [0.5, 0.6) is 0 Å². The van der Waals surface area contributed by atoms with E-state index in [0.717, 1.165) is 27.5 Å². The van der Waals surface area contributed by atoms with Gasteiger partial charge in [-0.3, -0.25) is 0 Å². The topological polar surface area (TPSA) is 0 Å². The Morgan fingerprint density at radius 1 is 0.654 bits per heavy atom. The van der Waals surface area contributed by atoms with Crippen molar-refractivity contribution in [3.63, 3.8) is 0 Å². The number of hydrogen-bond acceptors (Lipinski definition) is 0. The van der Waals surface area contributed by atoms with Gasteiger partial charge in [-0.1, -0.05) is 35.3 Å². The quantitative estimate of drug-likeness (QED) is 0.395. The maximum absolute atomic E-state index is 12.8. The molecule has 0 nitrogen and oxygen atoms in total. The number of alkyl halides is 3. The number of rotatable bonds is 4. The van der Waals surface area contributed by atoms with E-state index in [9.17, 15) is 13.2 Å². The van der Waals surface area contributed by atoms with E-state index in [2.05, 4.69) is 0 Å². The summed E-state index contributed by atoms with van der Waals surface area (Å²) in [6.45, 7) is 0. The van der Waals surface area contributed by atoms with E-state index in [1.165, 1.54) is 0 Å². The van der Waals surface area contributed by atoms with Crippen molar-refractivity contribution in [1.82, 2.24) is 0 Å². The lowest BCUT2D eigenvalue weighted by Crippen LogP contribution is -2.09. The summed E-state index contributed by atoms with van der Waals surface area (Å²) in [5, 5.41) is 1.27. The van der Waals surface area contributed by atoms with Gasteiger partial charge < -0.3 is 0 Å². The van der Waals surface area contributed by atoms with E-state index in [1.807, 2.05) is 36.4 Å². The molecule has 1 atom stereocenters. The summed E-state index contributed by atoms with van der Waals surface area (Å²) in [6.07, 6.45) is -4.34. The Bertz CT molecular complexity index is 858. The normalized spacial score (nSPS) is 12.8. The van der Waals surface area contributed by atoms with Crippen molar-refractivity contribution in [2.24, 2.45) is 0 Å².